The predicted octanol–water partition coefficient (Wildman–Crippen LogP) is 4.22. The number of halogens is 1. The molecule has 1 aromatic carbocycles. The lowest BCUT2D eigenvalue weighted by Crippen LogP contribution is -2.39. The molecule has 2 nitrogen and oxygen atoms in total. The fourth-order valence-electron chi connectivity index (χ4n) is 3.23. The number of nitrogens with zero attached hydrogens (tertiary/aromatic N) is 2. The van der Waals surface area contributed by atoms with E-state index >= 15 is 0 Å². The summed E-state index contributed by atoms with van der Waals surface area (Å²) in [5.41, 5.74) is 2.48. The summed E-state index contributed by atoms with van der Waals surface area (Å²) in [5.74, 6) is 0.759. The molecular formula is C17H21ClN2. The standard InChI is InChI=1S/C17H21ClN2/c18-10-9-16-8-1-2-12-20(16)13-15-6-3-5-14-7-4-11-19-17(14)15/h3-7,11,16H,1-2,8-10,12-13H2. The molecule has 3 rings (SSSR count). The van der Waals surface area contributed by atoms with Gasteiger partial charge in [-0.3, -0.25) is 9.88 Å². The molecule has 0 N–H and O–H groups in total. The fraction of sp³-hybridized carbons (Fsp3) is 0.471. The van der Waals surface area contributed by atoms with E-state index in [0.29, 0.717) is 6.04 Å². The molecule has 1 atom stereocenters. The van der Waals surface area contributed by atoms with Crippen molar-refractivity contribution in [2.24, 2.45) is 0 Å². The van der Waals surface area contributed by atoms with E-state index < -0.39 is 0 Å². The Bertz CT molecular complexity index is 562. The Balaban J connectivity index is 1.84. The van der Waals surface area contributed by atoms with Crippen molar-refractivity contribution >= 4 is 22.5 Å². The molecule has 0 radical (unpaired) electrons. The maximum atomic E-state index is 5.96. The zero-order chi connectivity index (χ0) is 13.8. The molecule has 1 unspecified atom stereocenters. The lowest BCUT2D eigenvalue weighted by molar-refractivity contribution is 0.137. The van der Waals surface area contributed by atoms with E-state index in [0.717, 1.165) is 24.4 Å². The first-order valence-electron chi connectivity index (χ1n) is 7.51. The summed E-state index contributed by atoms with van der Waals surface area (Å²) in [6, 6.07) is 11.3. The molecule has 106 valence electrons. The van der Waals surface area contributed by atoms with Gasteiger partial charge in [-0.1, -0.05) is 30.7 Å². The summed E-state index contributed by atoms with van der Waals surface area (Å²) in [4.78, 5) is 7.16. The quantitative estimate of drug-likeness (QED) is 0.783. The van der Waals surface area contributed by atoms with Crippen LogP contribution in [-0.4, -0.2) is 28.4 Å². The van der Waals surface area contributed by atoms with Crippen LogP contribution in [0.5, 0.6) is 0 Å². The summed E-state index contributed by atoms with van der Waals surface area (Å²) in [6.07, 6.45) is 6.91. The molecular weight excluding hydrogens is 268 g/mol. The van der Waals surface area contributed by atoms with Crippen LogP contribution in [0.2, 0.25) is 0 Å². The Labute approximate surface area is 125 Å². The number of aromatic nitrogens is 1. The van der Waals surface area contributed by atoms with Gasteiger partial charge in [-0.2, -0.15) is 0 Å². The topological polar surface area (TPSA) is 16.1 Å². The summed E-state index contributed by atoms with van der Waals surface area (Å²) in [7, 11) is 0. The van der Waals surface area contributed by atoms with Crippen molar-refractivity contribution in [3.8, 4) is 0 Å². The van der Waals surface area contributed by atoms with Crippen LogP contribution in [0.3, 0.4) is 0 Å². The Hall–Kier alpha value is -1.12. The van der Waals surface area contributed by atoms with Gasteiger partial charge in [0.25, 0.3) is 0 Å². The highest BCUT2D eigenvalue weighted by atomic mass is 35.5. The van der Waals surface area contributed by atoms with Gasteiger partial charge in [0.15, 0.2) is 0 Å². The average molecular weight is 289 g/mol. The van der Waals surface area contributed by atoms with Crippen molar-refractivity contribution in [3.63, 3.8) is 0 Å². The maximum absolute atomic E-state index is 5.96. The van der Waals surface area contributed by atoms with Crippen LogP contribution in [0.1, 0.15) is 31.2 Å². The third-order valence-electron chi connectivity index (χ3n) is 4.28. The molecule has 1 aliphatic rings. The van der Waals surface area contributed by atoms with Crippen molar-refractivity contribution in [2.75, 3.05) is 12.4 Å². The molecule has 2 aromatic rings. The highest BCUT2D eigenvalue weighted by Crippen LogP contribution is 2.24. The highest BCUT2D eigenvalue weighted by Gasteiger charge is 2.22. The number of fused-ring (bicyclic) bond motifs is 1. The second-order valence-corrected chi connectivity index (χ2v) is 5.97. The second kappa shape index (κ2) is 6.55. The number of benzene rings is 1. The Kier molecular flexibility index (Phi) is 4.54. The van der Waals surface area contributed by atoms with Crippen LogP contribution in [0.15, 0.2) is 36.5 Å². The Morgan fingerprint density at radius 2 is 2.10 bits per heavy atom. The average Bonchev–Trinajstić information content (AvgIpc) is 2.50. The van der Waals surface area contributed by atoms with Crippen molar-refractivity contribution in [2.45, 2.75) is 38.3 Å². The molecule has 0 saturated carbocycles. The van der Waals surface area contributed by atoms with Crippen LogP contribution in [0.25, 0.3) is 10.9 Å². The largest absolute Gasteiger partial charge is 0.296 e. The smallest absolute Gasteiger partial charge is 0.0746 e. The second-order valence-electron chi connectivity index (χ2n) is 5.59. The molecule has 0 aliphatic carbocycles. The minimum Gasteiger partial charge on any atom is -0.296 e. The SMILES string of the molecule is ClCCC1CCCCN1Cc1cccc2cccnc12. The van der Waals surface area contributed by atoms with E-state index in [9.17, 15) is 0 Å². The number of likely N-dealkylation sites (tertiary alicyclic amines) is 1. The van der Waals surface area contributed by atoms with E-state index in [1.165, 1.54) is 36.8 Å². The van der Waals surface area contributed by atoms with Gasteiger partial charge in [-0.05, 0) is 37.4 Å². The molecule has 1 fully saturated rings. The van der Waals surface area contributed by atoms with Gasteiger partial charge in [0.2, 0.25) is 0 Å². The van der Waals surface area contributed by atoms with E-state index in [4.69, 9.17) is 11.6 Å². The first-order valence-corrected chi connectivity index (χ1v) is 8.04. The molecule has 1 aromatic heterocycles. The lowest BCUT2D eigenvalue weighted by atomic mass is 9.98. The van der Waals surface area contributed by atoms with E-state index in [1.807, 2.05) is 12.3 Å². The number of hydrogen-bond acceptors (Lipinski definition) is 2. The zero-order valence-electron chi connectivity index (χ0n) is 11.8. The minimum atomic E-state index is 0.639. The molecule has 1 saturated heterocycles. The molecule has 1 aliphatic heterocycles. The third kappa shape index (κ3) is 2.97. The van der Waals surface area contributed by atoms with Crippen LogP contribution in [0, 0.1) is 0 Å². The Morgan fingerprint density at radius 1 is 1.20 bits per heavy atom. The van der Waals surface area contributed by atoms with E-state index in [1.54, 1.807) is 0 Å². The Morgan fingerprint density at radius 3 is 3.00 bits per heavy atom. The molecule has 20 heavy (non-hydrogen) atoms. The highest BCUT2D eigenvalue weighted by molar-refractivity contribution is 6.17. The van der Waals surface area contributed by atoms with Crippen LogP contribution < -0.4 is 0 Å². The fourth-order valence-corrected chi connectivity index (χ4v) is 3.49. The van der Waals surface area contributed by atoms with E-state index in [2.05, 4.69) is 34.1 Å². The predicted molar refractivity (Wildman–Crippen MR) is 85.1 cm³/mol. The van der Waals surface area contributed by atoms with Gasteiger partial charge >= 0.3 is 0 Å². The molecule has 2 heterocycles. The van der Waals surface area contributed by atoms with Crippen molar-refractivity contribution in [3.05, 3.63) is 42.1 Å². The van der Waals surface area contributed by atoms with Crippen molar-refractivity contribution < 1.29 is 0 Å². The van der Waals surface area contributed by atoms with Crippen LogP contribution >= 0.6 is 11.6 Å². The third-order valence-corrected chi connectivity index (χ3v) is 4.50. The van der Waals surface area contributed by atoms with Gasteiger partial charge in [0, 0.05) is 30.0 Å². The number of pyridine rings is 1. The van der Waals surface area contributed by atoms with Gasteiger partial charge in [-0.15, -0.1) is 11.6 Å². The van der Waals surface area contributed by atoms with Gasteiger partial charge in [-0.25, -0.2) is 0 Å². The van der Waals surface area contributed by atoms with Crippen LogP contribution in [0.4, 0.5) is 0 Å². The van der Waals surface area contributed by atoms with Crippen LogP contribution in [-0.2, 0) is 6.54 Å². The lowest BCUT2D eigenvalue weighted by Gasteiger charge is -2.35. The summed E-state index contributed by atoms with van der Waals surface area (Å²) < 4.78 is 0. The van der Waals surface area contributed by atoms with E-state index in [-0.39, 0.29) is 0 Å². The zero-order valence-corrected chi connectivity index (χ0v) is 12.5. The van der Waals surface area contributed by atoms with Gasteiger partial charge in [0.1, 0.15) is 0 Å². The minimum absolute atomic E-state index is 0.639. The number of hydrogen-bond donors (Lipinski definition) is 0. The normalized spacial score (nSPS) is 20.4. The van der Waals surface area contributed by atoms with Crippen molar-refractivity contribution in [1.82, 2.24) is 9.88 Å². The first-order chi connectivity index (χ1) is 9.88. The number of alkyl halides is 1. The molecule has 3 heteroatoms. The number of para-hydroxylation sites is 1. The summed E-state index contributed by atoms with van der Waals surface area (Å²) in [5, 5.41) is 1.23. The van der Waals surface area contributed by atoms with Crippen molar-refractivity contribution in [1.29, 1.82) is 0 Å². The summed E-state index contributed by atoms with van der Waals surface area (Å²) >= 11 is 5.96. The maximum Gasteiger partial charge on any atom is 0.0746 e. The van der Waals surface area contributed by atoms with Gasteiger partial charge in [0.05, 0.1) is 5.52 Å². The monoisotopic (exact) mass is 288 g/mol. The molecule has 0 spiro atoms. The first kappa shape index (κ1) is 13.8. The number of rotatable bonds is 4. The summed E-state index contributed by atoms with van der Waals surface area (Å²) in [6.45, 7) is 2.18. The number of piperidine rings is 1. The molecule has 0 bridgehead atoms. The molecule has 0 amide bonds. The van der Waals surface area contributed by atoms with Gasteiger partial charge < -0.3 is 0 Å².